The summed E-state index contributed by atoms with van der Waals surface area (Å²) in [6.45, 7) is 2.53. The van der Waals surface area contributed by atoms with Gasteiger partial charge in [0.1, 0.15) is 12.4 Å². The van der Waals surface area contributed by atoms with E-state index in [1.807, 2.05) is 30.3 Å². The Morgan fingerprint density at radius 2 is 1.90 bits per heavy atom. The Balaban J connectivity index is 2.04. The van der Waals surface area contributed by atoms with Crippen LogP contribution >= 0.6 is 11.6 Å². The molecule has 0 N–H and O–H groups in total. The van der Waals surface area contributed by atoms with E-state index < -0.39 is 0 Å². The number of halogens is 1. The van der Waals surface area contributed by atoms with Crippen molar-refractivity contribution in [3.05, 3.63) is 64.7 Å². The van der Waals surface area contributed by atoms with Crippen molar-refractivity contribution in [2.45, 2.75) is 13.5 Å². The number of benzene rings is 2. The molecule has 4 heteroatoms. The van der Waals surface area contributed by atoms with E-state index in [0.29, 0.717) is 29.5 Å². The van der Waals surface area contributed by atoms with Crippen LogP contribution in [0.2, 0.25) is 5.02 Å². The SMILES string of the molecule is CCOC(=O)c1ccc(OCc2ccccc2)c(Cl)c1. The summed E-state index contributed by atoms with van der Waals surface area (Å²) in [6, 6.07) is 14.7. The highest BCUT2D eigenvalue weighted by molar-refractivity contribution is 6.32. The highest BCUT2D eigenvalue weighted by Gasteiger charge is 2.10. The van der Waals surface area contributed by atoms with Crippen LogP contribution in [0.4, 0.5) is 0 Å². The molecule has 2 aromatic rings. The lowest BCUT2D eigenvalue weighted by Gasteiger charge is -2.09. The Labute approximate surface area is 123 Å². The lowest BCUT2D eigenvalue weighted by Crippen LogP contribution is -2.04. The molecule has 0 spiro atoms. The van der Waals surface area contributed by atoms with Crippen molar-refractivity contribution >= 4 is 17.6 Å². The predicted molar refractivity (Wildman–Crippen MR) is 78.2 cm³/mol. The summed E-state index contributed by atoms with van der Waals surface area (Å²) in [5.41, 5.74) is 1.47. The molecule has 0 fully saturated rings. The molecule has 0 radical (unpaired) electrons. The molecule has 2 rings (SSSR count). The molecular weight excluding hydrogens is 276 g/mol. The van der Waals surface area contributed by atoms with Gasteiger partial charge in [0, 0.05) is 0 Å². The number of hydrogen-bond acceptors (Lipinski definition) is 3. The number of esters is 1. The molecule has 0 amide bonds. The third-order valence-corrected chi connectivity index (χ3v) is 2.98. The number of carbonyl (C=O) groups excluding carboxylic acids is 1. The largest absolute Gasteiger partial charge is 0.487 e. The molecule has 0 saturated heterocycles. The first-order valence-corrected chi connectivity index (χ1v) is 6.72. The van der Waals surface area contributed by atoms with E-state index in [-0.39, 0.29) is 5.97 Å². The van der Waals surface area contributed by atoms with E-state index in [9.17, 15) is 4.79 Å². The highest BCUT2D eigenvalue weighted by Crippen LogP contribution is 2.26. The van der Waals surface area contributed by atoms with Crippen LogP contribution in [0.5, 0.6) is 5.75 Å². The maximum atomic E-state index is 11.6. The summed E-state index contributed by atoms with van der Waals surface area (Å²) in [4.78, 5) is 11.6. The van der Waals surface area contributed by atoms with Gasteiger partial charge in [0.2, 0.25) is 0 Å². The van der Waals surface area contributed by atoms with E-state index in [4.69, 9.17) is 21.1 Å². The zero-order chi connectivity index (χ0) is 14.4. The maximum Gasteiger partial charge on any atom is 0.338 e. The molecule has 0 aromatic heterocycles. The second kappa shape index (κ2) is 6.96. The van der Waals surface area contributed by atoms with Gasteiger partial charge >= 0.3 is 5.97 Å². The van der Waals surface area contributed by atoms with Gasteiger partial charge in [-0.05, 0) is 30.7 Å². The summed E-state index contributed by atoms with van der Waals surface area (Å²) in [7, 11) is 0. The van der Waals surface area contributed by atoms with E-state index in [1.165, 1.54) is 0 Å². The van der Waals surface area contributed by atoms with Gasteiger partial charge in [0.05, 0.1) is 17.2 Å². The second-order valence-electron chi connectivity index (χ2n) is 4.14. The molecule has 0 aliphatic rings. The van der Waals surface area contributed by atoms with Crippen LogP contribution in [0.15, 0.2) is 48.5 Å². The summed E-state index contributed by atoms with van der Waals surface area (Å²) >= 11 is 6.11. The van der Waals surface area contributed by atoms with Gasteiger partial charge in [-0.1, -0.05) is 41.9 Å². The molecule has 0 bridgehead atoms. The fourth-order valence-corrected chi connectivity index (χ4v) is 1.93. The quantitative estimate of drug-likeness (QED) is 0.778. The summed E-state index contributed by atoms with van der Waals surface area (Å²) in [5, 5.41) is 0.395. The Kier molecular flexibility index (Phi) is 5.02. The van der Waals surface area contributed by atoms with Crippen molar-refractivity contribution < 1.29 is 14.3 Å². The lowest BCUT2D eigenvalue weighted by atomic mass is 10.2. The minimum atomic E-state index is -0.385. The molecular formula is C16H15ClO3. The van der Waals surface area contributed by atoms with Crippen molar-refractivity contribution in [3.63, 3.8) is 0 Å². The van der Waals surface area contributed by atoms with Gasteiger partial charge in [-0.2, -0.15) is 0 Å². The molecule has 0 unspecified atom stereocenters. The Hall–Kier alpha value is -2.00. The number of hydrogen-bond donors (Lipinski definition) is 0. The van der Waals surface area contributed by atoms with Crippen LogP contribution < -0.4 is 4.74 Å². The summed E-state index contributed by atoms with van der Waals surface area (Å²) in [6.07, 6.45) is 0. The first-order chi connectivity index (χ1) is 9.70. The van der Waals surface area contributed by atoms with E-state index in [2.05, 4.69) is 0 Å². The van der Waals surface area contributed by atoms with Gasteiger partial charge in [-0.15, -0.1) is 0 Å². The van der Waals surface area contributed by atoms with Crippen molar-refractivity contribution in [2.24, 2.45) is 0 Å². The van der Waals surface area contributed by atoms with Crippen molar-refractivity contribution in [2.75, 3.05) is 6.61 Å². The standard InChI is InChI=1S/C16H15ClO3/c1-2-19-16(18)13-8-9-15(14(17)10-13)20-11-12-6-4-3-5-7-12/h3-10H,2,11H2,1H3. The molecule has 0 aliphatic heterocycles. The van der Waals surface area contributed by atoms with Gasteiger partial charge in [0.15, 0.2) is 0 Å². The van der Waals surface area contributed by atoms with Crippen molar-refractivity contribution in [3.8, 4) is 5.75 Å². The van der Waals surface area contributed by atoms with Crippen LogP contribution in [0.3, 0.4) is 0 Å². The Morgan fingerprint density at radius 3 is 2.55 bits per heavy atom. The average molecular weight is 291 g/mol. The Bertz CT molecular complexity index is 582. The summed E-state index contributed by atoms with van der Waals surface area (Å²) in [5.74, 6) is 0.160. The topological polar surface area (TPSA) is 35.5 Å². The minimum Gasteiger partial charge on any atom is -0.487 e. The first kappa shape index (κ1) is 14.4. The van der Waals surface area contributed by atoms with Gasteiger partial charge < -0.3 is 9.47 Å². The van der Waals surface area contributed by atoms with Crippen molar-refractivity contribution in [1.29, 1.82) is 0 Å². The van der Waals surface area contributed by atoms with Crippen LogP contribution in [0, 0.1) is 0 Å². The maximum absolute atomic E-state index is 11.6. The van der Waals surface area contributed by atoms with Crippen LogP contribution in [0.1, 0.15) is 22.8 Å². The van der Waals surface area contributed by atoms with Crippen LogP contribution in [-0.2, 0) is 11.3 Å². The zero-order valence-electron chi connectivity index (χ0n) is 11.1. The van der Waals surface area contributed by atoms with E-state index >= 15 is 0 Å². The van der Waals surface area contributed by atoms with Crippen LogP contribution in [0.25, 0.3) is 0 Å². The zero-order valence-corrected chi connectivity index (χ0v) is 11.9. The number of carbonyl (C=O) groups is 1. The molecule has 0 heterocycles. The highest BCUT2D eigenvalue weighted by atomic mass is 35.5. The van der Waals surface area contributed by atoms with Gasteiger partial charge in [0.25, 0.3) is 0 Å². The Morgan fingerprint density at radius 1 is 1.15 bits per heavy atom. The predicted octanol–water partition coefficient (Wildman–Crippen LogP) is 4.10. The molecule has 0 aliphatic carbocycles. The van der Waals surface area contributed by atoms with Gasteiger partial charge in [-0.3, -0.25) is 0 Å². The third kappa shape index (κ3) is 3.75. The second-order valence-corrected chi connectivity index (χ2v) is 4.55. The molecule has 104 valence electrons. The van der Waals surface area contributed by atoms with E-state index in [1.54, 1.807) is 25.1 Å². The van der Waals surface area contributed by atoms with E-state index in [0.717, 1.165) is 5.56 Å². The third-order valence-electron chi connectivity index (χ3n) is 2.68. The van der Waals surface area contributed by atoms with Crippen LogP contribution in [-0.4, -0.2) is 12.6 Å². The smallest absolute Gasteiger partial charge is 0.338 e. The minimum absolute atomic E-state index is 0.336. The first-order valence-electron chi connectivity index (χ1n) is 6.34. The number of rotatable bonds is 5. The number of ether oxygens (including phenoxy) is 2. The van der Waals surface area contributed by atoms with Gasteiger partial charge in [-0.25, -0.2) is 4.79 Å². The molecule has 0 atom stereocenters. The van der Waals surface area contributed by atoms with Crippen molar-refractivity contribution in [1.82, 2.24) is 0 Å². The lowest BCUT2D eigenvalue weighted by molar-refractivity contribution is 0.0526. The summed E-state index contributed by atoms with van der Waals surface area (Å²) < 4.78 is 10.5. The normalized spacial score (nSPS) is 10.1. The fraction of sp³-hybridized carbons (Fsp3) is 0.188. The molecule has 3 nitrogen and oxygen atoms in total. The monoisotopic (exact) mass is 290 g/mol. The molecule has 2 aromatic carbocycles. The fourth-order valence-electron chi connectivity index (χ4n) is 1.69. The molecule has 0 saturated carbocycles. The molecule has 20 heavy (non-hydrogen) atoms. The average Bonchev–Trinajstić information content (AvgIpc) is 2.47.